The van der Waals surface area contributed by atoms with Crippen LogP contribution in [0.3, 0.4) is 0 Å². The van der Waals surface area contributed by atoms with Gasteiger partial charge < -0.3 is 20.7 Å². The second-order valence-corrected chi connectivity index (χ2v) is 5.41. The van der Waals surface area contributed by atoms with Crippen LogP contribution in [0.25, 0.3) is 16.2 Å². The molecule has 2 aromatic rings. The van der Waals surface area contributed by atoms with Gasteiger partial charge in [-0.3, -0.25) is 9.59 Å². The van der Waals surface area contributed by atoms with Crippen LogP contribution in [0.15, 0.2) is 23.1 Å². The minimum absolute atomic E-state index is 0. The molecule has 0 fully saturated rings. The van der Waals surface area contributed by atoms with Crippen molar-refractivity contribution in [2.75, 3.05) is 7.05 Å². The molecule has 0 saturated heterocycles. The zero-order chi connectivity index (χ0) is 18.6. The Morgan fingerprint density at radius 3 is 2.28 bits per heavy atom. The summed E-state index contributed by atoms with van der Waals surface area (Å²) < 4.78 is 15.1. The third kappa shape index (κ3) is 5.69. The fraction of sp³-hybridized carbons (Fsp3) is 0.312. The summed E-state index contributed by atoms with van der Waals surface area (Å²) in [7, 11) is 2.93. The van der Waals surface area contributed by atoms with E-state index in [0.717, 1.165) is 12.3 Å². The van der Waals surface area contributed by atoms with E-state index < -0.39 is 28.6 Å². The summed E-state index contributed by atoms with van der Waals surface area (Å²) in [6.45, 7) is 3.89. The van der Waals surface area contributed by atoms with Crippen LogP contribution >= 0.6 is 0 Å². The Labute approximate surface area is 169 Å². The molecule has 25 heavy (non-hydrogen) atoms. The van der Waals surface area contributed by atoms with Gasteiger partial charge in [-0.2, -0.15) is 0 Å². The summed E-state index contributed by atoms with van der Waals surface area (Å²) in [6, 6.07) is 2.65. The first-order valence-electron chi connectivity index (χ1n) is 7.06. The van der Waals surface area contributed by atoms with Gasteiger partial charge in [0.15, 0.2) is 0 Å². The van der Waals surface area contributed by atoms with Gasteiger partial charge in [0, 0.05) is 51.3 Å². The Morgan fingerprint density at radius 2 is 1.84 bits per heavy atom. The summed E-state index contributed by atoms with van der Waals surface area (Å²) >= 11 is 0. The number of pyridine rings is 1. The Balaban J connectivity index is 0.00000104. The number of aryl methyl sites for hydroxylation is 1. The Kier molecular flexibility index (Phi) is 9.11. The average Bonchev–Trinajstić information content (AvgIpc) is 2.49. The molecule has 1 aromatic heterocycles. The number of aliphatic carboxylic acids is 1. The molecule has 0 aliphatic rings. The van der Waals surface area contributed by atoms with Crippen molar-refractivity contribution < 1.29 is 51.8 Å². The number of ketones is 1. The maximum absolute atomic E-state index is 13.7. The van der Waals surface area contributed by atoms with Gasteiger partial charge in [0.05, 0.1) is 11.1 Å². The normalized spacial score (nSPS) is 9.88. The Hall–Kier alpha value is -1.64. The molecule has 0 aliphatic heterocycles. The monoisotopic (exact) mass is 425 g/mol. The molecule has 0 unspecified atom stereocenters. The number of Topliss-reactive ketones (excluding diaryl/α,β-unsaturated/α-hetero) is 1. The predicted molar refractivity (Wildman–Crippen MR) is 89.4 cm³/mol. The molecule has 0 bridgehead atoms. The average molecular weight is 425 g/mol. The van der Waals surface area contributed by atoms with Gasteiger partial charge in [0.25, 0.3) is 5.78 Å². The van der Waals surface area contributed by atoms with Gasteiger partial charge in [-0.1, -0.05) is 13.8 Å². The van der Waals surface area contributed by atoms with Gasteiger partial charge in [0.1, 0.15) is 5.82 Å². The zero-order valence-corrected chi connectivity index (χ0v) is 17.2. The summed E-state index contributed by atoms with van der Waals surface area (Å²) in [6.07, 6.45) is 1.12. The number of carboxylic acid groups (broad SMARTS) is 1. The number of halogens is 1. The van der Waals surface area contributed by atoms with Crippen LogP contribution in [0.4, 0.5) is 10.1 Å². The van der Waals surface area contributed by atoms with Crippen molar-refractivity contribution in [2.24, 2.45) is 12.8 Å². The zero-order valence-electron chi connectivity index (χ0n) is 14.4. The van der Waals surface area contributed by atoms with Crippen LogP contribution in [0.5, 0.6) is 0 Å². The number of nitrogens with two attached hydrogens (primary N) is 1. The van der Waals surface area contributed by atoms with Crippen molar-refractivity contribution in [2.45, 2.75) is 19.9 Å². The van der Waals surface area contributed by atoms with Crippen molar-refractivity contribution in [3.8, 4) is 0 Å². The molecule has 0 spiro atoms. The van der Waals surface area contributed by atoms with Crippen LogP contribution in [0.1, 0.15) is 24.2 Å². The summed E-state index contributed by atoms with van der Waals surface area (Å²) in [5.74, 6) is -3.77. The molecule has 0 aliphatic carbocycles. The molecule has 1 aromatic carbocycles. The number of carbonyl (C=O) groups is 2. The SMILES string of the molecule is CC(C)N.C[N-]c1cc2c(cc1F)c(=O)c(C(=O)C(=O)O)cn2C.[Y]. The number of hydrogen-bond acceptors (Lipinski definition) is 4. The van der Waals surface area contributed by atoms with Crippen molar-refractivity contribution in [3.05, 3.63) is 45.3 Å². The number of benzene rings is 1. The second kappa shape index (κ2) is 9.75. The molecule has 0 amide bonds. The minimum Gasteiger partial charge on any atom is -0.684 e. The Morgan fingerprint density at radius 1 is 1.32 bits per heavy atom. The van der Waals surface area contributed by atoms with Gasteiger partial charge in [0.2, 0.25) is 5.43 Å². The van der Waals surface area contributed by atoms with Gasteiger partial charge in [-0.25, -0.2) is 9.18 Å². The second-order valence-electron chi connectivity index (χ2n) is 5.41. The van der Waals surface area contributed by atoms with E-state index >= 15 is 0 Å². The molecular weight excluding hydrogens is 406 g/mol. The third-order valence-electron chi connectivity index (χ3n) is 2.94. The van der Waals surface area contributed by atoms with E-state index in [9.17, 15) is 18.8 Å². The molecule has 9 heteroatoms. The van der Waals surface area contributed by atoms with Crippen molar-refractivity contribution in [1.82, 2.24) is 4.57 Å². The maximum Gasteiger partial charge on any atom is 0.377 e. The van der Waals surface area contributed by atoms with E-state index in [4.69, 9.17) is 10.8 Å². The van der Waals surface area contributed by atoms with Crippen molar-refractivity contribution >= 4 is 28.3 Å². The molecule has 2 rings (SSSR count). The summed E-state index contributed by atoms with van der Waals surface area (Å²) in [5.41, 5.74) is 4.23. The molecule has 0 atom stereocenters. The molecule has 3 N–H and O–H groups in total. The van der Waals surface area contributed by atoms with E-state index in [1.807, 2.05) is 13.8 Å². The topological polar surface area (TPSA) is 116 Å². The number of hydrogen-bond donors (Lipinski definition) is 2. The van der Waals surface area contributed by atoms with E-state index in [1.165, 1.54) is 24.7 Å². The van der Waals surface area contributed by atoms with Gasteiger partial charge >= 0.3 is 5.97 Å². The largest absolute Gasteiger partial charge is 0.684 e. The first kappa shape index (κ1) is 23.4. The fourth-order valence-corrected chi connectivity index (χ4v) is 1.94. The number of nitrogens with zero attached hydrogens (tertiary/aromatic N) is 2. The predicted octanol–water partition coefficient (Wildman–Crippen LogP) is 1.93. The number of fused-ring (bicyclic) bond motifs is 1. The van der Waals surface area contributed by atoms with Gasteiger partial charge in [-0.05, 0) is 18.2 Å². The van der Waals surface area contributed by atoms with Crippen LogP contribution in [0, 0.1) is 5.82 Å². The number of carbonyl (C=O) groups excluding carboxylic acids is 1. The van der Waals surface area contributed by atoms with Gasteiger partial charge in [-0.15, -0.1) is 12.7 Å². The maximum atomic E-state index is 13.7. The van der Waals surface area contributed by atoms with E-state index in [2.05, 4.69) is 5.32 Å². The molecule has 133 valence electrons. The number of aromatic nitrogens is 1. The fourth-order valence-electron chi connectivity index (χ4n) is 1.94. The summed E-state index contributed by atoms with van der Waals surface area (Å²) in [5, 5.41) is 12.3. The first-order valence-corrected chi connectivity index (χ1v) is 7.06. The molecule has 7 nitrogen and oxygen atoms in total. The van der Waals surface area contributed by atoms with Crippen LogP contribution < -0.4 is 11.2 Å². The number of rotatable bonds is 3. The number of carboxylic acids is 1. The first-order chi connectivity index (χ1) is 11.1. The third-order valence-corrected chi connectivity index (χ3v) is 2.94. The molecular formula is C16H19FN3O4Y-. The van der Waals surface area contributed by atoms with E-state index in [1.54, 1.807) is 0 Å². The molecule has 1 radical (unpaired) electrons. The Bertz CT molecular complexity index is 847. The minimum atomic E-state index is -1.73. The van der Waals surface area contributed by atoms with Crippen molar-refractivity contribution in [1.29, 1.82) is 0 Å². The van der Waals surface area contributed by atoms with E-state index in [0.29, 0.717) is 11.6 Å². The summed E-state index contributed by atoms with van der Waals surface area (Å²) in [4.78, 5) is 34.2. The van der Waals surface area contributed by atoms with E-state index in [-0.39, 0.29) is 43.8 Å². The smallest absolute Gasteiger partial charge is 0.377 e. The molecule has 1 heterocycles. The molecule has 0 saturated carbocycles. The quantitative estimate of drug-likeness (QED) is 0.576. The van der Waals surface area contributed by atoms with Crippen LogP contribution in [0.2, 0.25) is 0 Å². The van der Waals surface area contributed by atoms with Crippen LogP contribution in [-0.2, 0) is 44.6 Å². The van der Waals surface area contributed by atoms with Crippen molar-refractivity contribution in [3.63, 3.8) is 0 Å². The standard InChI is InChI=1S/C13H11FN2O4.C3H9N.Y/c1-15-9-4-10-6(3-8(9)14)11(17)7(5-16(10)2)12(18)13(19)20;1-3(2)4;/h3-5H,1-2H3,(H2,15,17,19,20);3H,4H2,1-2H3;/p-1. The van der Waals surface area contributed by atoms with Crippen LogP contribution in [-0.4, -0.2) is 34.5 Å².